The summed E-state index contributed by atoms with van der Waals surface area (Å²) in [5.41, 5.74) is 4.30. The van der Waals surface area contributed by atoms with Gasteiger partial charge in [0.1, 0.15) is 4.87 Å². The van der Waals surface area contributed by atoms with Crippen LogP contribution in [0.25, 0.3) is 10.9 Å². The Hall–Kier alpha value is -2.20. The standard InChI is InChI=1S/C18H14N2OS/c21-17-13-5-1-2-6-14(13)18(20(17)10-11-22-18)15-7-3-4-12-8-9-19-16(12)15/h1-9,19H,10-11H2. The van der Waals surface area contributed by atoms with E-state index in [9.17, 15) is 4.79 Å². The minimum atomic E-state index is -0.377. The van der Waals surface area contributed by atoms with Crippen LogP contribution in [-0.4, -0.2) is 28.1 Å². The quantitative estimate of drug-likeness (QED) is 0.746. The van der Waals surface area contributed by atoms with Gasteiger partial charge in [-0.1, -0.05) is 36.4 Å². The van der Waals surface area contributed by atoms with Gasteiger partial charge in [-0.2, -0.15) is 0 Å². The molecule has 1 saturated heterocycles. The number of aromatic nitrogens is 1. The molecular weight excluding hydrogens is 292 g/mol. The largest absolute Gasteiger partial charge is 0.361 e. The van der Waals surface area contributed by atoms with Crippen molar-refractivity contribution in [2.75, 3.05) is 12.3 Å². The topological polar surface area (TPSA) is 36.1 Å². The van der Waals surface area contributed by atoms with Gasteiger partial charge in [0.25, 0.3) is 5.91 Å². The Balaban J connectivity index is 1.89. The van der Waals surface area contributed by atoms with E-state index in [1.807, 2.05) is 41.1 Å². The van der Waals surface area contributed by atoms with Crippen LogP contribution in [0.5, 0.6) is 0 Å². The molecule has 0 radical (unpaired) electrons. The Labute approximate surface area is 132 Å². The molecule has 108 valence electrons. The second-order valence-electron chi connectivity index (χ2n) is 5.74. The van der Waals surface area contributed by atoms with Crippen LogP contribution in [0.4, 0.5) is 0 Å². The summed E-state index contributed by atoms with van der Waals surface area (Å²) >= 11 is 1.86. The Bertz CT molecular complexity index is 916. The third kappa shape index (κ3) is 1.32. The third-order valence-electron chi connectivity index (χ3n) is 4.73. The third-order valence-corrected chi connectivity index (χ3v) is 6.19. The maximum absolute atomic E-state index is 12.8. The number of amides is 1. The van der Waals surface area contributed by atoms with Crippen LogP contribution in [0.2, 0.25) is 0 Å². The Morgan fingerprint density at radius 1 is 1.05 bits per heavy atom. The molecule has 1 amide bonds. The zero-order chi connectivity index (χ0) is 14.7. The van der Waals surface area contributed by atoms with Gasteiger partial charge in [-0.15, -0.1) is 11.8 Å². The second kappa shape index (κ2) is 4.17. The van der Waals surface area contributed by atoms with Crippen LogP contribution >= 0.6 is 11.8 Å². The molecule has 2 aliphatic heterocycles. The lowest BCUT2D eigenvalue weighted by molar-refractivity contribution is 0.0753. The normalized spacial score (nSPS) is 23.1. The van der Waals surface area contributed by atoms with Crippen molar-refractivity contribution >= 4 is 28.6 Å². The number of carbonyl (C=O) groups excluding carboxylic acids is 1. The predicted octanol–water partition coefficient (Wildman–Crippen LogP) is 3.57. The average Bonchev–Trinajstić information content (AvgIpc) is 3.24. The van der Waals surface area contributed by atoms with Crippen LogP contribution in [0.15, 0.2) is 54.7 Å². The molecule has 1 aromatic heterocycles. The molecule has 0 bridgehead atoms. The minimum absolute atomic E-state index is 0.157. The number of para-hydroxylation sites is 1. The highest BCUT2D eigenvalue weighted by Gasteiger charge is 2.54. The van der Waals surface area contributed by atoms with E-state index in [4.69, 9.17) is 0 Å². The highest BCUT2D eigenvalue weighted by Crippen LogP contribution is 2.56. The van der Waals surface area contributed by atoms with E-state index < -0.39 is 0 Å². The average molecular weight is 306 g/mol. The number of rotatable bonds is 1. The van der Waals surface area contributed by atoms with Crippen molar-refractivity contribution in [3.05, 3.63) is 71.4 Å². The van der Waals surface area contributed by atoms with Crippen molar-refractivity contribution in [3.8, 4) is 0 Å². The molecule has 2 aromatic carbocycles. The van der Waals surface area contributed by atoms with E-state index >= 15 is 0 Å². The first-order valence-corrected chi connectivity index (χ1v) is 8.43. The molecule has 2 aliphatic rings. The lowest BCUT2D eigenvalue weighted by atomic mass is 9.95. The summed E-state index contributed by atoms with van der Waals surface area (Å²) < 4.78 is 0. The fraction of sp³-hybridized carbons (Fsp3) is 0.167. The molecule has 3 nitrogen and oxygen atoms in total. The summed E-state index contributed by atoms with van der Waals surface area (Å²) in [6.07, 6.45) is 1.97. The number of carbonyl (C=O) groups is 1. The van der Waals surface area contributed by atoms with Crippen LogP contribution < -0.4 is 0 Å². The predicted molar refractivity (Wildman–Crippen MR) is 89.0 cm³/mol. The van der Waals surface area contributed by atoms with Crippen molar-refractivity contribution in [1.29, 1.82) is 0 Å². The van der Waals surface area contributed by atoms with Crippen molar-refractivity contribution in [1.82, 2.24) is 9.88 Å². The smallest absolute Gasteiger partial charge is 0.255 e. The van der Waals surface area contributed by atoms with E-state index in [1.54, 1.807) is 0 Å². The van der Waals surface area contributed by atoms with Gasteiger partial charge in [0.2, 0.25) is 0 Å². The monoisotopic (exact) mass is 306 g/mol. The molecule has 4 heteroatoms. The van der Waals surface area contributed by atoms with Gasteiger partial charge in [0, 0.05) is 35.2 Å². The fourth-order valence-corrected chi connectivity index (χ4v) is 5.39. The molecule has 0 spiro atoms. The van der Waals surface area contributed by atoms with E-state index in [1.165, 1.54) is 10.9 Å². The lowest BCUT2D eigenvalue weighted by Gasteiger charge is -2.33. The van der Waals surface area contributed by atoms with Crippen LogP contribution in [0.3, 0.4) is 0 Å². The zero-order valence-electron chi connectivity index (χ0n) is 11.9. The van der Waals surface area contributed by atoms with Gasteiger partial charge in [0.15, 0.2) is 0 Å². The number of H-pyrrole nitrogens is 1. The summed E-state index contributed by atoms with van der Waals surface area (Å²) in [5, 5.41) is 1.19. The van der Waals surface area contributed by atoms with Crippen molar-refractivity contribution < 1.29 is 4.79 Å². The van der Waals surface area contributed by atoms with E-state index in [0.717, 1.165) is 28.9 Å². The zero-order valence-corrected chi connectivity index (χ0v) is 12.7. The fourth-order valence-electron chi connectivity index (χ4n) is 3.83. The van der Waals surface area contributed by atoms with Crippen LogP contribution in [-0.2, 0) is 4.87 Å². The molecule has 3 aromatic rings. The van der Waals surface area contributed by atoms with Gasteiger partial charge >= 0.3 is 0 Å². The number of hydrogen-bond donors (Lipinski definition) is 1. The Kier molecular flexibility index (Phi) is 2.34. The first-order chi connectivity index (χ1) is 10.8. The maximum Gasteiger partial charge on any atom is 0.255 e. The lowest BCUT2D eigenvalue weighted by Crippen LogP contribution is -2.37. The van der Waals surface area contributed by atoms with Gasteiger partial charge in [-0.25, -0.2) is 0 Å². The van der Waals surface area contributed by atoms with Gasteiger partial charge < -0.3 is 9.88 Å². The number of aromatic amines is 1. The molecule has 1 N–H and O–H groups in total. The highest BCUT2D eigenvalue weighted by molar-refractivity contribution is 8.00. The van der Waals surface area contributed by atoms with Gasteiger partial charge in [0.05, 0.1) is 5.52 Å². The molecule has 1 unspecified atom stereocenters. The maximum atomic E-state index is 12.8. The molecule has 22 heavy (non-hydrogen) atoms. The highest BCUT2D eigenvalue weighted by atomic mass is 32.2. The summed E-state index contributed by atoms with van der Waals surface area (Å²) in [5.74, 6) is 1.13. The molecule has 1 atom stereocenters. The SMILES string of the molecule is O=C1c2ccccc2C2(c3cccc4cc[nH]c34)SCCN12. The molecule has 1 fully saturated rings. The van der Waals surface area contributed by atoms with Gasteiger partial charge in [-0.05, 0) is 17.5 Å². The van der Waals surface area contributed by atoms with Crippen molar-refractivity contribution in [2.24, 2.45) is 0 Å². The number of thioether (sulfide) groups is 1. The summed E-state index contributed by atoms with van der Waals surface area (Å²) in [7, 11) is 0. The molecule has 0 aliphatic carbocycles. The number of nitrogens with zero attached hydrogens (tertiary/aromatic N) is 1. The Morgan fingerprint density at radius 3 is 2.86 bits per heavy atom. The number of benzene rings is 2. The minimum Gasteiger partial charge on any atom is -0.361 e. The summed E-state index contributed by atoms with van der Waals surface area (Å²) in [6, 6.07) is 16.5. The Morgan fingerprint density at radius 2 is 1.91 bits per heavy atom. The second-order valence-corrected chi connectivity index (χ2v) is 7.03. The first kappa shape index (κ1) is 12.4. The summed E-state index contributed by atoms with van der Waals surface area (Å²) in [6.45, 7) is 0.801. The molecule has 0 saturated carbocycles. The van der Waals surface area contributed by atoms with E-state index in [0.29, 0.717) is 0 Å². The van der Waals surface area contributed by atoms with Crippen molar-refractivity contribution in [3.63, 3.8) is 0 Å². The number of hydrogen-bond acceptors (Lipinski definition) is 2. The van der Waals surface area contributed by atoms with Crippen molar-refractivity contribution in [2.45, 2.75) is 4.87 Å². The molecule has 3 heterocycles. The summed E-state index contributed by atoms with van der Waals surface area (Å²) in [4.78, 5) is 17.9. The first-order valence-electron chi connectivity index (χ1n) is 7.44. The van der Waals surface area contributed by atoms with Crippen LogP contribution in [0, 0.1) is 0 Å². The van der Waals surface area contributed by atoms with E-state index in [-0.39, 0.29) is 10.8 Å². The molecular formula is C18H14N2OS. The van der Waals surface area contributed by atoms with Crippen LogP contribution in [0.1, 0.15) is 21.5 Å². The van der Waals surface area contributed by atoms with E-state index in [2.05, 4.69) is 35.3 Å². The van der Waals surface area contributed by atoms with Gasteiger partial charge in [-0.3, -0.25) is 4.79 Å². The number of nitrogens with one attached hydrogen (secondary N) is 1. The molecule has 5 rings (SSSR count). The number of fused-ring (bicyclic) bond motifs is 4.